The highest BCUT2D eigenvalue weighted by Crippen LogP contribution is 2.31. The molecule has 0 fully saturated rings. The molecule has 0 aromatic heterocycles. The first kappa shape index (κ1) is 32.0. The highest BCUT2D eigenvalue weighted by Gasteiger charge is 2.35. The number of hydrogen-bond donors (Lipinski definition) is 1. The largest absolute Gasteiger partial charge is 0.495 e. The van der Waals surface area contributed by atoms with Gasteiger partial charge in [-0.2, -0.15) is 0 Å². The van der Waals surface area contributed by atoms with Crippen LogP contribution in [0.15, 0.2) is 72.8 Å². The normalized spacial score (nSPS) is 12.4. The van der Waals surface area contributed by atoms with E-state index in [-0.39, 0.29) is 24.6 Å². The minimum absolute atomic E-state index is 0.0387. The number of sulfonamides is 1. The van der Waals surface area contributed by atoms with E-state index < -0.39 is 34.1 Å². The van der Waals surface area contributed by atoms with Crippen LogP contribution in [-0.4, -0.2) is 56.6 Å². The van der Waals surface area contributed by atoms with Crippen molar-refractivity contribution in [2.75, 3.05) is 24.2 Å². The van der Waals surface area contributed by atoms with Gasteiger partial charge in [0.1, 0.15) is 18.3 Å². The summed E-state index contributed by atoms with van der Waals surface area (Å²) in [5, 5.41) is 3.48. The third-order valence-electron chi connectivity index (χ3n) is 6.29. The number of ether oxygens (including phenoxy) is 1. The van der Waals surface area contributed by atoms with Crippen molar-refractivity contribution in [3.05, 3.63) is 94.5 Å². The number of hydrogen-bond acceptors (Lipinski definition) is 5. The Kier molecular flexibility index (Phi) is 10.4. The molecule has 0 spiro atoms. The summed E-state index contributed by atoms with van der Waals surface area (Å²) in [5.74, 6) is -0.596. The summed E-state index contributed by atoms with van der Waals surface area (Å²) in [7, 11) is -2.49. The van der Waals surface area contributed by atoms with Gasteiger partial charge in [-0.25, -0.2) is 8.42 Å². The molecule has 10 heteroatoms. The van der Waals surface area contributed by atoms with Crippen LogP contribution in [0.2, 0.25) is 5.02 Å². The monoisotopic (exact) mass is 599 g/mol. The topological polar surface area (TPSA) is 96.0 Å². The van der Waals surface area contributed by atoms with Gasteiger partial charge in [0.25, 0.3) is 0 Å². The van der Waals surface area contributed by atoms with Crippen LogP contribution in [-0.2, 0) is 32.6 Å². The van der Waals surface area contributed by atoms with E-state index in [1.54, 1.807) is 36.4 Å². The average Bonchev–Trinajstić information content (AvgIpc) is 2.88. The van der Waals surface area contributed by atoms with Crippen LogP contribution in [0.1, 0.15) is 37.5 Å². The van der Waals surface area contributed by atoms with Crippen molar-refractivity contribution < 1.29 is 22.7 Å². The molecule has 0 saturated carbocycles. The third kappa shape index (κ3) is 9.23. The van der Waals surface area contributed by atoms with Crippen LogP contribution in [0.25, 0.3) is 0 Å². The molecule has 0 radical (unpaired) electrons. The fourth-order valence-corrected chi connectivity index (χ4v) is 5.49. The van der Waals surface area contributed by atoms with E-state index in [1.165, 1.54) is 12.0 Å². The molecule has 3 rings (SSSR count). The standard InChI is InChI=1S/C31H38ClN3O5S/c1-22-15-16-28(40-5)26(17-22)35(41(6,38)39)21-29(36)34(20-24-13-10-14-25(32)18-24)27(30(37)33-31(2,3)4)19-23-11-8-7-9-12-23/h7-18,27H,19-21H2,1-6H3,(H,33,37)/t27-/m1/s1. The van der Waals surface area contributed by atoms with Crippen LogP contribution in [0.5, 0.6) is 5.75 Å². The number of nitrogens with zero attached hydrogens (tertiary/aromatic N) is 2. The van der Waals surface area contributed by atoms with Crippen LogP contribution in [0.4, 0.5) is 5.69 Å². The molecule has 0 bridgehead atoms. The molecular formula is C31H38ClN3O5S. The van der Waals surface area contributed by atoms with Gasteiger partial charge >= 0.3 is 0 Å². The maximum absolute atomic E-state index is 14.2. The first-order valence-electron chi connectivity index (χ1n) is 13.2. The third-order valence-corrected chi connectivity index (χ3v) is 7.66. The number of aryl methyl sites for hydroxylation is 1. The van der Waals surface area contributed by atoms with E-state index in [9.17, 15) is 18.0 Å². The molecule has 0 aliphatic rings. The Bertz CT molecular complexity index is 1470. The van der Waals surface area contributed by atoms with Crippen molar-refractivity contribution in [1.29, 1.82) is 0 Å². The Morgan fingerprint density at radius 2 is 1.63 bits per heavy atom. The van der Waals surface area contributed by atoms with Gasteiger partial charge in [-0.15, -0.1) is 0 Å². The van der Waals surface area contributed by atoms with Crippen molar-refractivity contribution in [2.24, 2.45) is 0 Å². The SMILES string of the molecule is COc1ccc(C)cc1N(CC(=O)N(Cc1cccc(Cl)c1)[C@H](Cc1ccccc1)C(=O)NC(C)(C)C)S(C)(=O)=O. The van der Waals surface area contributed by atoms with E-state index >= 15 is 0 Å². The van der Waals surface area contributed by atoms with Crippen molar-refractivity contribution in [3.8, 4) is 5.75 Å². The molecule has 0 saturated heterocycles. The van der Waals surface area contributed by atoms with E-state index in [1.807, 2.05) is 64.1 Å². The average molecular weight is 600 g/mol. The van der Waals surface area contributed by atoms with E-state index in [2.05, 4.69) is 5.32 Å². The molecule has 0 heterocycles. The van der Waals surface area contributed by atoms with Gasteiger partial charge in [-0.1, -0.05) is 60.1 Å². The lowest BCUT2D eigenvalue weighted by Crippen LogP contribution is -2.56. The predicted molar refractivity (Wildman–Crippen MR) is 164 cm³/mol. The van der Waals surface area contributed by atoms with Gasteiger partial charge in [0.05, 0.1) is 19.1 Å². The number of carbonyl (C=O) groups excluding carboxylic acids is 2. The molecule has 0 aliphatic carbocycles. The summed E-state index contributed by atoms with van der Waals surface area (Å²) in [4.78, 5) is 29.4. The number of amides is 2. The second-order valence-electron chi connectivity index (χ2n) is 11.0. The number of benzene rings is 3. The Hall–Kier alpha value is -3.56. The summed E-state index contributed by atoms with van der Waals surface area (Å²) in [5.41, 5.74) is 2.02. The lowest BCUT2D eigenvalue weighted by molar-refractivity contribution is -0.140. The van der Waals surface area contributed by atoms with Crippen molar-refractivity contribution in [2.45, 2.75) is 52.2 Å². The van der Waals surface area contributed by atoms with E-state index in [0.29, 0.717) is 16.3 Å². The van der Waals surface area contributed by atoms with Gasteiger partial charge in [0.2, 0.25) is 21.8 Å². The Balaban J connectivity index is 2.12. The second-order valence-corrected chi connectivity index (χ2v) is 13.4. The zero-order valence-electron chi connectivity index (χ0n) is 24.3. The van der Waals surface area contributed by atoms with Crippen LogP contribution in [0.3, 0.4) is 0 Å². The Labute approximate surface area is 248 Å². The van der Waals surface area contributed by atoms with Crippen molar-refractivity contribution >= 4 is 39.1 Å². The fraction of sp³-hybridized carbons (Fsp3) is 0.355. The minimum Gasteiger partial charge on any atom is -0.495 e. The number of halogens is 1. The summed E-state index contributed by atoms with van der Waals surface area (Å²) < 4.78 is 32.6. The lowest BCUT2D eigenvalue weighted by Gasteiger charge is -2.35. The molecule has 1 atom stereocenters. The molecule has 3 aromatic carbocycles. The Morgan fingerprint density at radius 3 is 2.22 bits per heavy atom. The number of rotatable bonds is 11. The van der Waals surface area contributed by atoms with Gasteiger partial charge in [-0.3, -0.25) is 13.9 Å². The van der Waals surface area contributed by atoms with E-state index in [4.69, 9.17) is 16.3 Å². The first-order valence-corrected chi connectivity index (χ1v) is 15.4. The second kappa shape index (κ2) is 13.4. The smallest absolute Gasteiger partial charge is 0.244 e. The van der Waals surface area contributed by atoms with Crippen LogP contribution < -0.4 is 14.4 Å². The maximum atomic E-state index is 14.2. The maximum Gasteiger partial charge on any atom is 0.244 e. The molecule has 0 unspecified atom stereocenters. The molecular weight excluding hydrogens is 562 g/mol. The molecule has 0 aliphatic heterocycles. The van der Waals surface area contributed by atoms with Crippen molar-refractivity contribution in [3.63, 3.8) is 0 Å². The van der Waals surface area contributed by atoms with Crippen molar-refractivity contribution in [1.82, 2.24) is 10.2 Å². The molecule has 220 valence electrons. The first-order chi connectivity index (χ1) is 19.2. The highest BCUT2D eigenvalue weighted by atomic mass is 35.5. The van der Waals surface area contributed by atoms with Gasteiger partial charge in [0, 0.05) is 23.5 Å². The zero-order chi connectivity index (χ0) is 30.4. The molecule has 8 nitrogen and oxygen atoms in total. The molecule has 1 N–H and O–H groups in total. The predicted octanol–water partition coefficient (Wildman–Crippen LogP) is 4.98. The van der Waals surface area contributed by atoms with Crippen LogP contribution in [0, 0.1) is 6.92 Å². The van der Waals surface area contributed by atoms with Crippen LogP contribution >= 0.6 is 11.6 Å². The summed E-state index contributed by atoms with van der Waals surface area (Å²) >= 11 is 6.26. The minimum atomic E-state index is -3.92. The number of nitrogens with one attached hydrogen (secondary N) is 1. The van der Waals surface area contributed by atoms with E-state index in [0.717, 1.165) is 21.7 Å². The van der Waals surface area contributed by atoms with Gasteiger partial charge in [-0.05, 0) is 68.7 Å². The van der Waals surface area contributed by atoms with Gasteiger partial charge < -0.3 is 15.0 Å². The zero-order valence-corrected chi connectivity index (χ0v) is 25.9. The fourth-order valence-electron chi connectivity index (χ4n) is 4.43. The highest BCUT2D eigenvalue weighted by molar-refractivity contribution is 7.92. The quantitative estimate of drug-likeness (QED) is 0.335. The molecule has 41 heavy (non-hydrogen) atoms. The summed E-state index contributed by atoms with van der Waals surface area (Å²) in [6.45, 7) is 6.92. The summed E-state index contributed by atoms with van der Waals surface area (Å²) in [6.07, 6.45) is 1.26. The Morgan fingerprint density at radius 1 is 0.976 bits per heavy atom. The molecule has 3 aromatic rings. The summed E-state index contributed by atoms with van der Waals surface area (Å²) in [6, 6.07) is 20.6. The number of methoxy groups -OCH3 is 1. The molecule has 2 amide bonds. The number of anilines is 1. The number of carbonyl (C=O) groups is 2. The lowest BCUT2D eigenvalue weighted by atomic mass is 10.0. The van der Waals surface area contributed by atoms with Gasteiger partial charge in [0.15, 0.2) is 0 Å².